The van der Waals surface area contributed by atoms with Gasteiger partial charge in [-0.05, 0) is 55.2 Å². The summed E-state index contributed by atoms with van der Waals surface area (Å²) < 4.78 is 26.2. The third kappa shape index (κ3) is 5.36. The first-order chi connectivity index (χ1) is 11.9. The number of nitrogens with two attached hydrogens (primary N) is 1. The molecule has 0 unspecified atom stereocenters. The molecule has 2 rings (SSSR count). The Hall–Kier alpha value is -2.27. The van der Waals surface area contributed by atoms with E-state index in [1.54, 1.807) is 5.32 Å². The minimum atomic E-state index is -0.872. The summed E-state index contributed by atoms with van der Waals surface area (Å²) >= 11 is 0. The van der Waals surface area contributed by atoms with Gasteiger partial charge in [0, 0.05) is 11.3 Å². The van der Waals surface area contributed by atoms with Gasteiger partial charge in [0.05, 0.1) is 0 Å². The number of carbonyl (C=O) groups excluding carboxylic acids is 1. The average Bonchev–Trinajstić information content (AvgIpc) is 2.62. The van der Waals surface area contributed by atoms with Gasteiger partial charge in [0.25, 0.3) is 5.91 Å². The Bertz CT molecular complexity index is 716. The second kappa shape index (κ2) is 8.72. The molecule has 2 aromatic carbocycles. The van der Waals surface area contributed by atoms with E-state index in [2.05, 4.69) is 19.2 Å². The van der Waals surface area contributed by atoms with E-state index in [9.17, 15) is 13.6 Å². The maximum Gasteiger partial charge on any atom is 0.279 e. The fraction of sp³-hybridized carbons (Fsp3) is 0.350. The first-order valence-corrected chi connectivity index (χ1v) is 8.58. The van der Waals surface area contributed by atoms with Crippen LogP contribution in [-0.2, 0) is 4.79 Å². The van der Waals surface area contributed by atoms with Crippen LogP contribution in [0.4, 0.5) is 14.5 Å². The number of carbonyl (C=O) groups is 1. The van der Waals surface area contributed by atoms with Crippen molar-refractivity contribution >= 4 is 11.6 Å². The Morgan fingerprint density at radius 1 is 1.04 bits per heavy atom. The van der Waals surface area contributed by atoms with Crippen molar-refractivity contribution in [3.8, 4) is 0 Å². The predicted octanol–water partition coefficient (Wildman–Crippen LogP) is 3.74. The minimum Gasteiger partial charge on any atom is -0.333 e. The van der Waals surface area contributed by atoms with E-state index in [0.717, 1.165) is 18.2 Å². The van der Waals surface area contributed by atoms with E-state index < -0.39 is 11.6 Å². The Morgan fingerprint density at radius 3 is 2.28 bits per heavy atom. The molecule has 2 atom stereocenters. The van der Waals surface area contributed by atoms with Crippen molar-refractivity contribution in [2.75, 3.05) is 11.9 Å². The SMILES string of the molecule is CC[C@@H](C)c1ccc(NC(=O)C[NH2+][C@@H](C)c2ccc(F)c(F)c2)cc1. The normalized spacial score (nSPS) is 13.3. The van der Waals surface area contributed by atoms with Gasteiger partial charge in [-0.1, -0.05) is 26.0 Å². The highest BCUT2D eigenvalue weighted by Crippen LogP contribution is 2.20. The maximum absolute atomic E-state index is 13.3. The Morgan fingerprint density at radius 2 is 1.68 bits per heavy atom. The molecule has 134 valence electrons. The zero-order valence-corrected chi connectivity index (χ0v) is 14.9. The third-order valence-corrected chi connectivity index (χ3v) is 4.50. The number of quaternary nitrogens is 1. The molecule has 1 amide bonds. The van der Waals surface area contributed by atoms with Crippen LogP contribution in [0.25, 0.3) is 0 Å². The number of hydrogen-bond donors (Lipinski definition) is 2. The molecule has 5 heteroatoms. The summed E-state index contributed by atoms with van der Waals surface area (Å²) in [6.45, 7) is 6.36. The fourth-order valence-electron chi connectivity index (χ4n) is 2.56. The number of amides is 1. The van der Waals surface area contributed by atoms with Crippen LogP contribution in [0, 0.1) is 11.6 Å². The van der Waals surface area contributed by atoms with Gasteiger partial charge in [-0.3, -0.25) is 4.79 Å². The number of halogens is 2. The first kappa shape index (κ1) is 19.1. The van der Waals surface area contributed by atoms with Crippen LogP contribution in [0.1, 0.15) is 50.3 Å². The molecule has 0 aromatic heterocycles. The largest absolute Gasteiger partial charge is 0.333 e. The zero-order chi connectivity index (χ0) is 18.4. The molecule has 0 heterocycles. The standard InChI is InChI=1S/C20H24F2N2O/c1-4-13(2)15-5-8-17(9-6-15)24-20(25)12-23-14(3)16-7-10-18(21)19(22)11-16/h5-11,13-14,23H,4,12H2,1-3H3,(H,24,25)/p+1/t13-,14+/m1/s1. The Kier molecular flexibility index (Phi) is 6.65. The van der Waals surface area contributed by atoms with Gasteiger partial charge >= 0.3 is 0 Å². The van der Waals surface area contributed by atoms with Crippen LogP contribution in [0.3, 0.4) is 0 Å². The van der Waals surface area contributed by atoms with E-state index >= 15 is 0 Å². The topological polar surface area (TPSA) is 45.7 Å². The van der Waals surface area contributed by atoms with Gasteiger partial charge in [0.2, 0.25) is 0 Å². The second-order valence-corrected chi connectivity index (χ2v) is 6.38. The van der Waals surface area contributed by atoms with Gasteiger partial charge in [-0.25, -0.2) is 8.78 Å². The Balaban J connectivity index is 1.86. The van der Waals surface area contributed by atoms with Crippen molar-refractivity contribution < 1.29 is 18.9 Å². The quantitative estimate of drug-likeness (QED) is 0.787. The lowest BCUT2D eigenvalue weighted by Crippen LogP contribution is -2.86. The average molecular weight is 347 g/mol. The van der Waals surface area contributed by atoms with Crippen LogP contribution in [-0.4, -0.2) is 12.5 Å². The Labute approximate surface area is 147 Å². The molecule has 25 heavy (non-hydrogen) atoms. The van der Waals surface area contributed by atoms with Gasteiger partial charge in [-0.2, -0.15) is 0 Å². The highest BCUT2D eigenvalue weighted by Gasteiger charge is 2.14. The second-order valence-electron chi connectivity index (χ2n) is 6.38. The molecule has 2 aromatic rings. The van der Waals surface area contributed by atoms with Crippen molar-refractivity contribution in [3.63, 3.8) is 0 Å². The number of anilines is 1. The first-order valence-electron chi connectivity index (χ1n) is 8.58. The van der Waals surface area contributed by atoms with E-state index in [-0.39, 0.29) is 18.5 Å². The summed E-state index contributed by atoms with van der Waals surface area (Å²) in [4.78, 5) is 12.1. The van der Waals surface area contributed by atoms with E-state index in [1.807, 2.05) is 31.2 Å². The summed E-state index contributed by atoms with van der Waals surface area (Å²) in [6.07, 6.45) is 1.07. The molecule has 3 nitrogen and oxygen atoms in total. The fourth-order valence-corrected chi connectivity index (χ4v) is 2.56. The lowest BCUT2D eigenvalue weighted by Gasteiger charge is -2.12. The molecule has 3 N–H and O–H groups in total. The van der Waals surface area contributed by atoms with Crippen molar-refractivity contribution in [1.29, 1.82) is 0 Å². The summed E-state index contributed by atoms with van der Waals surface area (Å²) in [5.74, 6) is -1.38. The number of rotatable bonds is 7. The molecule has 0 spiro atoms. The minimum absolute atomic E-state index is 0.134. The van der Waals surface area contributed by atoms with Gasteiger partial charge < -0.3 is 10.6 Å². The van der Waals surface area contributed by atoms with Gasteiger partial charge in [0.1, 0.15) is 6.04 Å². The summed E-state index contributed by atoms with van der Waals surface area (Å²) in [5, 5.41) is 4.64. The van der Waals surface area contributed by atoms with Gasteiger partial charge in [0.15, 0.2) is 18.2 Å². The number of benzene rings is 2. The van der Waals surface area contributed by atoms with E-state index in [4.69, 9.17) is 0 Å². The van der Waals surface area contributed by atoms with Crippen LogP contribution < -0.4 is 10.6 Å². The highest BCUT2D eigenvalue weighted by atomic mass is 19.2. The van der Waals surface area contributed by atoms with Crippen molar-refractivity contribution in [2.45, 2.75) is 39.2 Å². The van der Waals surface area contributed by atoms with Crippen LogP contribution in [0.15, 0.2) is 42.5 Å². The molecular weight excluding hydrogens is 322 g/mol. The summed E-state index contributed by atoms with van der Waals surface area (Å²) in [5.41, 5.74) is 2.65. The maximum atomic E-state index is 13.3. The van der Waals surface area contributed by atoms with E-state index in [1.165, 1.54) is 17.7 Å². The summed E-state index contributed by atoms with van der Waals surface area (Å²) in [6, 6.07) is 11.5. The molecular formula is C20H25F2N2O+. The summed E-state index contributed by atoms with van der Waals surface area (Å²) in [7, 11) is 0. The molecule has 0 saturated heterocycles. The molecule has 0 aliphatic rings. The van der Waals surface area contributed by atoms with Gasteiger partial charge in [-0.15, -0.1) is 0 Å². The molecule has 0 saturated carbocycles. The monoisotopic (exact) mass is 347 g/mol. The molecule has 0 aliphatic heterocycles. The lowest BCUT2D eigenvalue weighted by molar-refractivity contribution is -0.682. The van der Waals surface area contributed by atoms with E-state index in [0.29, 0.717) is 11.5 Å². The van der Waals surface area contributed by atoms with Crippen LogP contribution in [0.2, 0.25) is 0 Å². The molecule has 0 fully saturated rings. The third-order valence-electron chi connectivity index (χ3n) is 4.50. The van der Waals surface area contributed by atoms with Crippen LogP contribution >= 0.6 is 0 Å². The predicted molar refractivity (Wildman–Crippen MR) is 95.3 cm³/mol. The van der Waals surface area contributed by atoms with Crippen LogP contribution in [0.5, 0.6) is 0 Å². The van der Waals surface area contributed by atoms with Crippen molar-refractivity contribution in [1.82, 2.24) is 0 Å². The molecule has 0 aliphatic carbocycles. The number of nitrogens with one attached hydrogen (secondary N) is 1. The lowest BCUT2D eigenvalue weighted by atomic mass is 9.99. The number of hydrogen-bond acceptors (Lipinski definition) is 1. The van der Waals surface area contributed by atoms with Crippen molar-refractivity contribution in [2.24, 2.45) is 0 Å². The molecule has 0 radical (unpaired) electrons. The highest BCUT2D eigenvalue weighted by molar-refractivity contribution is 5.91. The van der Waals surface area contributed by atoms with Crippen molar-refractivity contribution in [3.05, 3.63) is 65.2 Å². The molecule has 0 bridgehead atoms. The smallest absolute Gasteiger partial charge is 0.279 e. The zero-order valence-electron chi connectivity index (χ0n) is 14.9.